The summed E-state index contributed by atoms with van der Waals surface area (Å²) in [7, 11) is 0. The summed E-state index contributed by atoms with van der Waals surface area (Å²) in [5.74, 6) is -0.177. The lowest BCUT2D eigenvalue weighted by atomic mass is 10.2. The molecule has 1 saturated heterocycles. The smallest absolute Gasteiger partial charge is 0.327 e. The zero-order valence-corrected chi connectivity index (χ0v) is 12.8. The van der Waals surface area contributed by atoms with Crippen LogP contribution in [0.2, 0.25) is 0 Å². The van der Waals surface area contributed by atoms with Crippen molar-refractivity contribution in [3.8, 4) is 0 Å². The van der Waals surface area contributed by atoms with Crippen LogP contribution in [0.4, 0.5) is 9.93 Å². The molecule has 1 aliphatic heterocycles. The van der Waals surface area contributed by atoms with Crippen LogP contribution in [-0.2, 0) is 4.79 Å². The summed E-state index contributed by atoms with van der Waals surface area (Å²) in [5.41, 5.74) is 1.96. The monoisotopic (exact) mass is 323 g/mol. The van der Waals surface area contributed by atoms with Crippen LogP contribution in [0.25, 0.3) is 10.2 Å². The van der Waals surface area contributed by atoms with Crippen LogP contribution in [0.15, 0.2) is 18.2 Å². The van der Waals surface area contributed by atoms with Gasteiger partial charge in [-0.05, 0) is 24.6 Å². The summed E-state index contributed by atoms with van der Waals surface area (Å²) >= 11 is 2.82. The number of aliphatic carboxylic acids is 1. The minimum atomic E-state index is -0.977. The van der Waals surface area contributed by atoms with Crippen LogP contribution in [0.1, 0.15) is 5.56 Å². The Balaban J connectivity index is 1.78. The number of nitrogens with zero attached hydrogens (tertiary/aromatic N) is 2. The van der Waals surface area contributed by atoms with Crippen molar-refractivity contribution in [1.82, 2.24) is 9.88 Å². The first kappa shape index (κ1) is 14.2. The van der Waals surface area contributed by atoms with E-state index in [0.717, 1.165) is 15.8 Å². The van der Waals surface area contributed by atoms with E-state index in [1.807, 2.05) is 25.1 Å². The van der Waals surface area contributed by atoms with Gasteiger partial charge in [0.15, 0.2) is 5.13 Å². The number of thiazole rings is 1. The SMILES string of the molecule is Cc1ccc2nc(NC(=O)N3CSCC3C(=O)O)sc2c1. The molecule has 1 unspecified atom stereocenters. The zero-order chi connectivity index (χ0) is 15.0. The predicted molar refractivity (Wildman–Crippen MR) is 84.0 cm³/mol. The number of carboxylic acid groups (broad SMARTS) is 1. The number of nitrogens with one attached hydrogen (secondary N) is 1. The Morgan fingerprint density at radius 3 is 3.05 bits per heavy atom. The Bertz CT molecular complexity index is 716. The third-order valence-corrected chi connectivity index (χ3v) is 5.13. The number of rotatable bonds is 2. The fourth-order valence-electron chi connectivity index (χ4n) is 2.10. The predicted octanol–water partition coefficient (Wildman–Crippen LogP) is 2.60. The number of benzene rings is 1. The first-order valence-electron chi connectivity index (χ1n) is 6.30. The molecule has 1 aromatic heterocycles. The van der Waals surface area contributed by atoms with E-state index < -0.39 is 18.0 Å². The van der Waals surface area contributed by atoms with Crippen LogP contribution in [0.3, 0.4) is 0 Å². The molecular formula is C13H13N3O3S2. The highest BCUT2D eigenvalue weighted by atomic mass is 32.2. The number of carbonyl (C=O) groups is 2. The first-order chi connectivity index (χ1) is 10.0. The maximum Gasteiger partial charge on any atom is 0.327 e. The van der Waals surface area contributed by atoms with Gasteiger partial charge < -0.3 is 10.0 Å². The average molecular weight is 323 g/mol. The van der Waals surface area contributed by atoms with E-state index >= 15 is 0 Å². The zero-order valence-electron chi connectivity index (χ0n) is 11.2. The van der Waals surface area contributed by atoms with Gasteiger partial charge in [-0.15, -0.1) is 11.8 Å². The first-order valence-corrected chi connectivity index (χ1v) is 8.27. The molecule has 6 nitrogen and oxygen atoms in total. The fourth-order valence-corrected chi connectivity index (χ4v) is 4.19. The molecule has 0 spiro atoms. The van der Waals surface area contributed by atoms with Gasteiger partial charge in [-0.25, -0.2) is 14.6 Å². The molecule has 21 heavy (non-hydrogen) atoms. The highest BCUT2D eigenvalue weighted by molar-refractivity contribution is 7.99. The van der Waals surface area contributed by atoms with Crippen molar-refractivity contribution in [3.05, 3.63) is 23.8 Å². The third-order valence-electron chi connectivity index (χ3n) is 3.19. The number of fused-ring (bicyclic) bond motifs is 1. The van der Waals surface area contributed by atoms with Crippen LogP contribution < -0.4 is 5.32 Å². The molecule has 0 aliphatic carbocycles. The molecule has 1 aliphatic rings. The lowest BCUT2D eigenvalue weighted by Gasteiger charge is -2.19. The van der Waals surface area contributed by atoms with Crippen LogP contribution >= 0.6 is 23.1 Å². The Hall–Kier alpha value is -1.80. The lowest BCUT2D eigenvalue weighted by molar-refractivity contribution is -0.140. The molecule has 3 rings (SSSR count). The Kier molecular flexibility index (Phi) is 3.73. The van der Waals surface area contributed by atoms with Gasteiger partial charge in [0.1, 0.15) is 6.04 Å². The van der Waals surface area contributed by atoms with Crippen molar-refractivity contribution < 1.29 is 14.7 Å². The van der Waals surface area contributed by atoms with Crippen LogP contribution in [-0.4, -0.2) is 44.7 Å². The molecule has 110 valence electrons. The number of carbonyl (C=O) groups excluding carboxylic acids is 1. The number of carboxylic acids is 1. The van der Waals surface area contributed by atoms with E-state index in [9.17, 15) is 9.59 Å². The molecule has 2 N–H and O–H groups in total. The summed E-state index contributed by atoms with van der Waals surface area (Å²) in [6.07, 6.45) is 0. The summed E-state index contributed by atoms with van der Waals surface area (Å²) in [4.78, 5) is 28.9. The molecule has 2 amide bonds. The molecule has 1 fully saturated rings. The van der Waals surface area contributed by atoms with Crippen molar-refractivity contribution >= 4 is 50.4 Å². The summed E-state index contributed by atoms with van der Waals surface area (Å²) in [6, 6.07) is 4.69. The van der Waals surface area contributed by atoms with Crippen LogP contribution in [0, 0.1) is 6.92 Å². The quantitative estimate of drug-likeness (QED) is 0.887. The molecule has 8 heteroatoms. The van der Waals surface area contributed by atoms with Gasteiger partial charge in [-0.2, -0.15) is 0 Å². The molecule has 0 radical (unpaired) electrons. The van der Waals surface area contributed by atoms with Crippen molar-refractivity contribution in [2.24, 2.45) is 0 Å². The minimum Gasteiger partial charge on any atom is -0.480 e. The number of hydrogen-bond acceptors (Lipinski definition) is 5. The lowest BCUT2D eigenvalue weighted by Crippen LogP contribution is -2.43. The number of urea groups is 1. The van der Waals surface area contributed by atoms with E-state index in [-0.39, 0.29) is 0 Å². The molecule has 2 aromatic rings. The highest BCUT2D eigenvalue weighted by Gasteiger charge is 2.34. The molecule has 1 aromatic carbocycles. The van der Waals surface area contributed by atoms with Crippen molar-refractivity contribution in [1.29, 1.82) is 0 Å². The number of aromatic nitrogens is 1. The maximum absolute atomic E-state index is 12.2. The second-order valence-corrected chi connectivity index (χ2v) is 6.77. The number of thioether (sulfide) groups is 1. The van der Waals surface area contributed by atoms with E-state index in [1.54, 1.807) is 0 Å². The van der Waals surface area contributed by atoms with Gasteiger partial charge in [-0.1, -0.05) is 17.4 Å². The van der Waals surface area contributed by atoms with E-state index in [0.29, 0.717) is 16.8 Å². The maximum atomic E-state index is 12.2. The largest absolute Gasteiger partial charge is 0.480 e. The standard InChI is InChI=1S/C13H13N3O3S2/c1-7-2-3-8-10(4-7)21-12(14-8)15-13(19)16-6-20-5-9(16)11(17)18/h2-4,9H,5-6H2,1H3,(H,17,18)(H,14,15,19). The van der Waals surface area contributed by atoms with Crippen molar-refractivity contribution in [2.45, 2.75) is 13.0 Å². The fraction of sp³-hybridized carbons (Fsp3) is 0.308. The molecule has 1 atom stereocenters. The van der Waals surface area contributed by atoms with Gasteiger partial charge in [0.2, 0.25) is 0 Å². The number of anilines is 1. The molecular weight excluding hydrogens is 310 g/mol. The highest BCUT2D eigenvalue weighted by Crippen LogP contribution is 2.28. The topological polar surface area (TPSA) is 82.5 Å². The molecule has 0 saturated carbocycles. The van der Waals surface area contributed by atoms with E-state index in [4.69, 9.17) is 5.11 Å². The van der Waals surface area contributed by atoms with Crippen LogP contribution in [0.5, 0.6) is 0 Å². The van der Waals surface area contributed by atoms with E-state index in [2.05, 4.69) is 10.3 Å². The second kappa shape index (κ2) is 5.53. The normalized spacial score (nSPS) is 18.1. The van der Waals surface area contributed by atoms with Gasteiger partial charge in [0.25, 0.3) is 0 Å². The number of amides is 2. The summed E-state index contributed by atoms with van der Waals surface area (Å²) in [6.45, 7) is 2.00. The number of hydrogen-bond donors (Lipinski definition) is 2. The molecule has 0 bridgehead atoms. The Morgan fingerprint density at radius 2 is 2.29 bits per heavy atom. The Labute approximate surface area is 129 Å². The van der Waals surface area contributed by atoms with E-state index in [1.165, 1.54) is 28.0 Å². The van der Waals surface area contributed by atoms with Crippen molar-refractivity contribution in [3.63, 3.8) is 0 Å². The third kappa shape index (κ3) is 2.81. The average Bonchev–Trinajstić information content (AvgIpc) is 3.03. The van der Waals surface area contributed by atoms with Gasteiger partial charge in [0, 0.05) is 5.75 Å². The van der Waals surface area contributed by atoms with Crippen molar-refractivity contribution in [2.75, 3.05) is 16.9 Å². The van der Waals surface area contributed by atoms with Gasteiger partial charge in [-0.3, -0.25) is 5.32 Å². The second-order valence-electron chi connectivity index (χ2n) is 4.74. The van der Waals surface area contributed by atoms with Gasteiger partial charge >= 0.3 is 12.0 Å². The summed E-state index contributed by atoms with van der Waals surface area (Å²) < 4.78 is 0.996. The minimum absolute atomic E-state index is 0.382. The summed E-state index contributed by atoms with van der Waals surface area (Å²) in [5, 5.41) is 12.3. The number of aryl methyl sites for hydroxylation is 1. The molecule has 2 heterocycles. The van der Waals surface area contributed by atoms with Gasteiger partial charge in [0.05, 0.1) is 16.1 Å². The Morgan fingerprint density at radius 1 is 1.48 bits per heavy atom.